The first-order valence-corrected chi connectivity index (χ1v) is 10.6. The molecule has 0 bridgehead atoms. The number of carbonyl (C=O) groups excluding carboxylic acids is 3. The van der Waals surface area contributed by atoms with E-state index in [-0.39, 0.29) is 41.5 Å². The van der Waals surface area contributed by atoms with Crippen LogP contribution in [0, 0.1) is 34.5 Å². The Morgan fingerprint density at radius 2 is 2.07 bits per heavy atom. The second-order valence-corrected chi connectivity index (χ2v) is 9.23. The molecular formula is C23H34O5. The number of carbonyl (C=O) groups is 3. The molecule has 0 saturated heterocycles. The predicted octanol–water partition coefficient (Wildman–Crippen LogP) is 3.75. The van der Waals surface area contributed by atoms with Gasteiger partial charge in [0.05, 0.1) is 24.5 Å². The van der Waals surface area contributed by atoms with E-state index in [2.05, 4.69) is 19.9 Å². The van der Waals surface area contributed by atoms with Gasteiger partial charge in [-0.2, -0.15) is 0 Å². The molecule has 0 aliphatic heterocycles. The van der Waals surface area contributed by atoms with Crippen molar-refractivity contribution in [2.24, 2.45) is 34.5 Å². The minimum atomic E-state index is -1.16. The van der Waals surface area contributed by atoms with Gasteiger partial charge in [0.25, 0.3) is 0 Å². The Kier molecular flexibility index (Phi) is 5.86. The summed E-state index contributed by atoms with van der Waals surface area (Å²) in [6, 6.07) is 0. The summed E-state index contributed by atoms with van der Waals surface area (Å²) in [6.07, 6.45) is 6.13. The van der Waals surface area contributed by atoms with E-state index in [0.717, 1.165) is 24.7 Å². The van der Waals surface area contributed by atoms with E-state index in [1.54, 1.807) is 14.0 Å². The lowest BCUT2D eigenvalue weighted by molar-refractivity contribution is -0.192. The lowest BCUT2D eigenvalue weighted by Gasteiger charge is -2.63. The molecule has 7 atom stereocenters. The third-order valence-corrected chi connectivity index (χ3v) is 8.24. The van der Waals surface area contributed by atoms with Crippen molar-refractivity contribution < 1.29 is 23.9 Å². The maximum atomic E-state index is 13.6. The zero-order valence-electron chi connectivity index (χ0n) is 17.8. The van der Waals surface area contributed by atoms with Crippen molar-refractivity contribution in [2.45, 2.75) is 65.9 Å². The fraction of sp³-hybridized carbons (Fsp3) is 0.783. The van der Waals surface area contributed by atoms with Crippen LogP contribution >= 0.6 is 0 Å². The second-order valence-electron chi connectivity index (χ2n) is 9.23. The van der Waals surface area contributed by atoms with Crippen LogP contribution in [0.15, 0.2) is 11.6 Å². The highest BCUT2D eigenvalue weighted by molar-refractivity contribution is 6.01. The summed E-state index contributed by atoms with van der Waals surface area (Å²) in [5.41, 5.74) is -0.486. The fourth-order valence-electron chi connectivity index (χ4n) is 6.79. The van der Waals surface area contributed by atoms with Gasteiger partial charge in [-0.25, -0.2) is 0 Å². The minimum Gasteiger partial charge on any atom is -0.466 e. The molecule has 1 unspecified atom stereocenters. The molecule has 0 aromatic carbocycles. The van der Waals surface area contributed by atoms with E-state index < -0.39 is 11.3 Å². The smallest absolute Gasteiger partial charge is 0.306 e. The maximum Gasteiger partial charge on any atom is 0.306 e. The van der Waals surface area contributed by atoms with Crippen molar-refractivity contribution >= 4 is 18.0 Å². The molecule has 3 rings (SSSR count). The molecule has 0 N–H and O–H groups in total. The molecule has 28 heavy (non-hydrogen) atoms. The van der Waals surface area contributed by atoms with Gasteiger partial charge in [-0.1, -0.05) is 25.5 Å². The van der Waals surface area contributed by atoms with Gasteiger partial charge in [0, 0.05) is 24.9 Å². The van der Waals surface area contributed by atoms with Crippen LogP contribution in [0.25, 0.3) is 0 Å². The summed E-state index contributed by atoms with van der Waals surface area (Å²) in [6.45, 7) is 8.43. The van der Waals surface area contributed by atoms with E-state index in [1.807, 2.05) is 6.92 Å². The van der Waals surface area contributed by atoms with Gasteiger partial charge < -0.3 is 14.3 Å². The molecule has 3 aliphatic rings. The van der Waals surface area contributed by atoms with Crippen molar-refractivity contribution in [3.05, 3.63) is 11.6 Å². The fourth-order valence-corrected chi connectivity index (χ4v) is 6.79. The van der Waals surface area contributed by atoms with Crippen LogP contribution in [0.2, 0.25) is 0 Å². The van der Waals surface area contributed by atoms with E-state index in [9.17, 15) is 14.4 Å². The molecule has 5 heteroatoms. The number of ketones is 1. The third-order valence-electron chi connectivity index (χ3n) is 8.24. The number of hydrogen-bond acceptors (Lipinski definition) is 5. The number of ether oxygens (including phenoxy) is 2. The number of esters is 1. The van der Waals surface area contributed by atoms with E-state index in [0.29, 0.717) is 25.4 Å². The van der Waals surface area contributed by atoms with E-state index >= 15 is 0 Å². The van der Waals surface area contributed by atoms with E-state index in [4.69, 9.17) is 9.47 Å². The first kappa shape index (κ1) is 21.2. The summed E-state index contributed by atoms with van der Waals surface area (Å²) in [5, 5.41) is 0. The number of rotatable bonds is 5. The molecule has 0 spiro atoms. The maximum absolute atomic E-state index is 13.6. The van der Waals surface area contributed by atoms with Crippen molar-refractivity contribution in [1.82, 2.24) is 0 Å². The van der Waals surface area contributed by atoms with Gasteiger partial charge in [-0.3, -0.25) is 9.59 Å². The van der Waals surface area contributed by atoms with Crippen LogP contribution in [0.5, 0.6) is 0 Å². The number of fused-ring (bicyclic) bond motifs is 3. The standard InChI is InChI=1S/C23H34O5/c1-6-28-21(26)12-17-15(3)7-9-18-22(4)16(11-19(25)23(17,18)13-24)14(2)8-10-20(22)27-5/h7,13-14,16-18,20H,6,8-12H2,1-5H3/t14-,16+,17+,18?,20-,22+,23+/m1/s1. The van der Waals surface area contributed by atoms with Crippen LogP contribution in [0.1, 0.15) is 59.8 Å². The van der Waals surface area contributed by atoms with Gasteiger partial charge in [0.1, 0.15) is 12.1 Å². The normalized spacial score (nSPS) is 42.8. The first-order chi connectivity index (χ1) is 13.3. The Bertz CT molecular complexity index is 682. The highest BCUT2D eigenvalue weighted by Crippen LogP contribution is 2.65. The Balaban J connectivity index is 2.12. The molecule has 2 saturated carbocycles. The SMILES string of the molecule is CCOC(=O)C[C@H]1C(C)=CCC2[C@@]3(C)[C@H](OC)CC[C@@H](C)[C@@H]3CC(=O)[C@]21C=O. The number of allylic oxidation sites excluding steroid dienone is 2. The van der Waals surface area contributed by atoms with Crippen LogP contribution in [0.4, 0.5) is 0 Å². The van der Waals surface area contributed by atoms with Crippen molar-refractivity contribution in [1.29, 1.82) is 0 Å². The summed E-state index contributed by atoms with van der Waals surface area (Å²) in [5.74, 6) is -0.308. The monoisotopic (exact) mass is 390 g/mol. The summed E-state index contributed by atoms with van der Waals surface area (Å²) in [7, 11) is 1.74. The minimum absolute atomic E-state index is 0.000302. The van der Waals surface area contributed by atoms with Crippen molar-refractivity contribution in [3.63, 3.8) is 0 Å². The third kappa shape index (κ3) is 2.89. The highest BCUT2D eigenvalue weighted by atomic mass is 16.5. The number of hydrogen-bond donors (Lipinski definition) is 0. The molecule has 0 aromatic heterocycles. The van der Waals surface area contributed by atoms with Gasteiger partial charge in [0.2, 0.25) is 0 Å². The Hall–Kier alpha value is -1.49. The first-order valence-electron chi connectivity index (χ1n) is 10.6. The number of aldehydes is 1. The van der Waals surface area contributed by atoms with Gasteiger partial charge >= 0.3 is 5.97 Å². The van der Waals surface area contributed by atoms with Gasteiger partial charge in [0.15, 0.2) is 0 Å². The van der Waals surface area contributed by atoms with Crippen LogP contribution in [-0.2, 0) is 23.9 Å². The zero-order chi connectivity index (χ0) is 20.7. The average Bonchev–Trinajstić information content (AvgIpc) is 2.66. The summed E-state index contributed by atoms with van der Waals surface area (Å²) < 4.78 is 11.1. The van der Waals surface area contributed by atoms with Crippen molar-refractivity contribution in [2.75, 3.05) is 13.7 Å². The Labute approximate surface area is 168 Å². The molecule has 0 heterocycles. The van der Waals surface area contributed by atoms with Gasteiger partial charge in [-0.15, -0.1) is 0 Å². The van der Waals surface area contributed by atoms with Crippen LogP contribution in [0.3, 0.4) is 0 Å². The second kappa shape index (κ2) is 7.74. The van der Waals surface area contributed by atoms with E-state index in [1.165, 1.54) is 0 Å². The van der Waals surface area contributed by atoms with Crippen molar-refractivity contribution in [3.8, 4) is 0 Å². The average molecular weight is 391 g/mol. The lowest BCUT2D eigenvalue weighted by Crippen LogP contribution is -2.66. The molecule has 5 nitrogen and oxygen atoms in total. The molecule has 0 aromatic rings. The molecule has 156 valence electrons. The zero-order valence-corrected chi connectivity index (χ0v) is 17.8. The molecule has 0 radical (unpaired) electrons. The molecule has 3 aliphatic carbocycles. The Morgan fingerprint density at radius 3 is 2.68 bits per heavy atom. The predicted molar refractivity (Wildman–Crippen MR) is 106 cm³/mol. The quantitative estimate of drug-likeness (QED) is 0.309. The van der Waals surface area contributed by atoms with Crippen LogP contribution in [-0.4, -0.2) is 37.9 Å². The molecule has 0 amide bonds. The molecule has 2 fully saturated rings. The lowest BCUT2D eigenvalue weighted by atomic mass is 9.40. The topological polar surface area (TPSA) is 69.7 Å². The highest BCUT2D eigenvalue weighted by Gasteiger charge is 2.67. The van der Waals surface area contributed by atoms with Crippen LogP contribution < -0.4 is 0 Å². The largest absolute Gasteiger partial charge is 0.466 e. The summed E-state index contributed by atoms with van der Waals surface area (Å²) >= 11 is 0. The Morgan fingerprint density at radius 1 is 1.36 bits per heavy atom. The summed E-state index contributed by atoms with van der Waals surface area (Å²) in [4.78, 5) is 38.6. The number of methoxy groups -OCH3 is 1. The van der Waals surface area contributed by atoms with Gasteiger partial charge in [-0.05, 0) is 50.9 Å². The number of Topliss-reactive ketones (excluding diaryl/α,β-unsaturated/α-hetero) is 1. The molecular weight excluding hydrogens is 356 g/mol.